The number of nitrogens with one attached hydrogen (secondary N) is 1. The number of aryl methyl sites for hydroxylation is 1. The van der Waals surface area contributed by atoms with Gasteiger partial charge in [0.2, 0.25) is 5.91 Å². The first-order chi connectivity index (χ1) is 13.2. The Morgan fingerprint density at radius 2 is 1.64 bits per heavy atom. The van der Waals surface area contributed by atoms with Crippen molar-refractivity contribution in [3.8, 4) is 0 Å². The van der Waals surface area contributed by atoms with Crippen LogP contribution in [0.3, 0.4) is 0 Å². The largest absolute Gasteiger partial charge is 0.416 e. The Balaban J connectivity index is 1.94. The summed E-state index contributed by atoms with van der Waals surface area (Å²) in [7, 11) is 0. The fourth-order valence-electron chi connectivity index (χ4n) is 2.70. The summed E-state index contributed by atoms with van der Waals surface area (Å²) < 4.78 is 37.8. The molecule has 0 aliphatic heterocycles. The SMILES string of the molecule is NC(=O)[C@H](CCCc1ccccc1)NC(=O)[C@H](O)c1ccc(C(F)(F)F)cc1. The van der Waals surface area contributed by atoms with E-state index in [-0.39, 0.29) is 12.0 Å². The van der Waals surface area contributed by atoms with Crippen molar-refractivity contribution in [1.82, 2.24) is 5.32 Å². The standard InChI is InChI=1S/C20H21F3N2O3/c21-20(22,23)15-11-9-14(10-12-15)17(26)19(28)25-16(18(24)27)8-4-7-13-5-2-1-3-6-13/h1-3,5-6,9-12,16-17,26H,4,7-8H2,(H2,24,27)(H,25,28)/t16-,17+/m0/s1. The van der Waals surface area contributed by atoms with E-state index in [4.69, 9.17) is 5.73 Å². The van der Waals surface area contributed by atoms with Crippen molar-refractivity contribution >= 4 is 11.8 Å². The molecule has 0 aromatic heterocycles. The maximum absolute atomic E-state index is 12.6. The third-order valence-electron chi connectivity index (χ3n) is 4.26. The molecule has 2 atom stereocenters. The average Bonchev–Trinajstić information content (AvgIpc) is 2.66. The summed E-state index contributed by atoms with van der Waals surface area (Å²) in [6.45, 7) is 0. The van der Waals surface area contributed by atoms with E-state index in [1.54, 1.807) is 0 Å². The van der Waals surface area contributed by atoms with E-state index in [1.165, 1.54) is 0 Å². The number of carbonyl (C=O) groups is 2. The number of hydrogen-bond acceptors (Lipinski definition) is 3. The highest BCUT2D eigenvalue weighted by molar-refractivity contribution is 5.88. The second kappa shape index (κ2) is 9.36. The fraction of sp³-hybridized carbons (Fsp3) is 0.300. The highest BCUT2D eigenvalue weighted by Crippen LogP contribution is 2.30. The molecule has 28 heavy (non-hydrogen) atoms. The number of rotatable bonds is 8. The summed E-state index contributed by atoms with van der Waals surface area (Å²) in [6, 6.07) is 12.1. The van der Waals surface area contributed by atoms with Crippen LogP contribution in [0.5, 0.6) is 0 Å². The van der Waals surface area contributed by atoms with Gasteiger partial charge in [-0.15, -0.1) is 0 Å². The lowest BCUT2D eigenvalue weighted by Crippen LogP contribution is -2.46. The van der Waals surface area contributed by atoms with E-state index in [2.05, 4.69) is 5.32 Å². The maximum Gasteiger partial charge on any atom is 0.416 e. The number of halogens is 3. The molecule has 0 saturated heterocycles. The van der Waals surface area contributed by atoms with Gasteiger partial charge in [0.15, 0.2) is 6.10 Å². The Morgan fingerprint density at radius 1 is 1.04 bits per heavy atom. The molecule has 2 aromatic rings. The highest BCUT2D eigenvalue weighted by atomic mass is 19.4. The van der Waals surface area contributed by atoms with Gasteiger partial charge in [-0.1, -0.05) is 42.5 Å². The quantitative estimate of drug-likeness (QED) is 0.643. The summed E-state index contributed by atoms with van der Waals surface area (Å²) in [5, 5.41) is 12.4. The van der Waals surface area contributed by atoms with Crippen LogP contribution in [0, 0.1) is 0 Å². The molecule has 0 unspecified atom stereocenters. The predicted molar refractivity (Wildman–Crippen MR) is 96.9 cm³/mol. The number of benzene rings is 2. The topological polar surface area (TPSA) is 92.4 Å². The molecule has 0 fully saturated rings. The van der Waals surface area contributed by atoms with Crippen LogP contribution in [-0.4, -0.2) is 23.0 Å². The van der Waals surface area contributed by atoms with Crippen molar-refractivity contribution in [1.29, 1.82) is 0 Å². The van der Waals surface area contributed by atoms with Gasteiger partial charge in [0.25, 0.3) is 5.91 Å². The molecule has 8 heteroatoms. The minimum Gasteiger partial charge on any atom is -0.378 e. The van der Waals surface area contributed by atoms with E-state index < -0.39 is 35.7 Å². The minimum atomic E-state index is -4.51. The van der Waals surface area contributed by atoms with Gasteiger partial charge in [-0.05, 0) is 42.5 Å². The molecule has 0 bridgehead atoms. The van der Waals surface area contributed by atoms with Crippen molar-refractivity contribution in [3.63, 3.8) is 0 Å². The van der Waals surface area contributed by atoms with Gasteiger partial charge >= 0.3 is 6.18 Å². The van der Waals surface area contributed by atoms with Crippen LogP contribution in [-0.2, 0) is 22.2 Å². The number of amides is 2. The maximum atomic E-state index is 12.6. The molecule has 2 aromatic carbocycles. The Labute approximate surface area is 160 Å². The lowest BCUT2D eigenvalue weighted by molar-refractivity contribution is -0.137. The highest BCUT2D eigenvalue weighted by Gasteiger charge is 2.31. The van der Waals surface area contributed by atoms with E-state index in [0.717, 1.165) is 29.8 Å². The summed E-state index contributed by atoms with van der Waals surface area (Å²) in [6.07, 6.45) is -4.69. The third-order valence-corrected chi connectivity index (χ3v) is 4.26. The molecule has 0 spiro atoms. The van der Waals surface area contributed by atoms with Crippen LogP contribution in [0.1, 0.15) is 35.6 Å². The van der Waals surface area contributed by atoms with Crippen molar-refractivity contribution in [2.75, 3.05) is 0 Å². The van der Waals surface area contributed by atoms with Gasteiger partial charge in [-0.3, -0.25) is 9.59 Å². The van der Waals surface area contributed by atoms with E-state index in [9.17, 15) is 27.9 Å². The predicted octanol–water partition coefficient (Wildman–Crippen LogP) is 2.73. The number of aliphatic hydroxyl groups is 1. The third kappa shape index (κ3) is 6.09. The van der Waals surface area contributed by atoms with Crippen molar-refractivity contribution in [3.05, 3.63) is 71.3 Å². The molecule has 0 saturated carbocycles. The van der Waals surface area contributed by atoms with Gasteiger partial charge < -0.3 is 16.2 Å². The Bertz CT molecular complexity index is 793. The molecule has 0 radical (unpaired) electrons. The number of hydrogen-bond donors (Lipinski definition) is 3. The lowest BCUT2D eigenvalue weighted by Gasteiger charge is -2.18. The molecule has 2 rings (SSSR count). The van der Waals surface area contributed by atoms with Crippen LogP contribution in [0.15, 0.2) is 54.6 Å². The second-order valence-corrected chi connectivity index (χ2v) is 6.36. The van der Waals surface area contributed by atoms with Crippen molar-refractivity contribution in [2.24, 2.45) is 5.73 Å². The Morgan fingerprint density at radius 3 is 2.18 bits per heavy atom. The number of aliphatic hydroxyl groups excluding tert-OH is 1. The number of carbonyl (C=O) groups excluding carboxylic acids is 2. The van der Waals surface area contributed by atoms with E-state index >= 15 is 0 Å². The van der Waals surface area contributed by atoms with Gasteiger partial charge in [-0.25, -0.2) is 0 Å². The monoisotopic (exact) mass is 394 g/mol. The Hall–Kier alpha value is -2.87. The lowest BCUT2D eigenvalue weighted by atomic mass is 10.0. The van der Waals surface area contributed by atoms with Crippen LogP contribution < -0.4 is 11.1 Å². The molecule has 0 aliphatic carbocycles. The fourth-order valence-corrected chi connectivity index (χ4v) is 2.70. The Kier molecular flexibility index (Phi) is 7.17. The second-order valence-electron chi connectivity index (χ2n) is 6.36. The molecule has 150 valence electrons. The summed E-state index contributed by atoms with van der Waals surface area (Å²) in [5.74, 6) is -1.65. The van der Waals surface area contributed by atoms with Crippen LogP contribution >= 0.6 is 0 Å². The first kappa shape index (κ1) is 21.4. The van der Waals surface area contributed by atoms with Crippen molar-refractivity contribution in [2.45, 2.75) is 37.6 Å². The zero-order valence-corrected chi connectivity index (χ0v) is 14.9. The van der Waals surface area contributed by atoms with Gasteiger partial charge in [0, 0.05) is 0 Å². The zero-order chi connectivity index (χ0) is 20.7. The van der Waals surface area contributed by atoms with Crippen molar-refractivity contribution < 1.29 is 27.9 Å². The number of primary amides is 1. The number of alkyl halides is 3. The molecular weight excluding hydrogens is 373 g/mol. The first-order valence-electron chi connectivity index (χ1n) is 8.67. The zero-order valence-electron chi connectivity index (χ0n) is 14.9. The molecule has 0 heterocycles. The van der Waals surface area contributed by atoms with Gasteiger partial charge in [-0.2, -0.15) is 13.2 Å². The molecule has 0 aliphatic rings. The van der Waals surface area contributed by atoms with Gasteiger partial charge in [0.05, 0.1) is 5.56 Å². The smallest absolute Gasteiger partial charge is 0.378 e. The minimum absolute atomic E-state index is 0.0157. The normalized spacial score (nSPS) is 13.6. The summed E-state index contributed by atoms with van der Waals surface area (Å²) in [5.41, 5.74) is 5.48. The van der Waals surface area contributed by atoms with Crippen LogP contribution in [0.4, 0.5) is 13.2 Å². The van der Waals surface area contributed by atoms with Crippen LogP contribution in [0.2, 0.25) is 0 Å². The van der Waals surface area contributed by atoms with Crippen LogP contribution in [0.25, 0.3) is 0 Å². The van der Waals surface area contributed by atoms with Gasteiger partial charge in [0.1, 0.15) is 6.04 Å². The summed E-state index contributed by atoms with van der Waals surface area (Å²) >= 11 is 0. The molecule has 5 nitrogen and oxygen atoms in total. The average molecular weight is 394 g/mol. The molecule has 2 amide bonds. The number of nitrogens with two attached hydrogens (primary N) is 1. The first-order valence-corrected chi connectivity index (χ1v) is 8.67. The summed E-state index contributed by atoms with van der Waals surface area (Å²) in [4.78, 5) is 23.8. The van der Waals surface area contributed by atoms with E-state index in [1.807, 2.05) is 30.3 Å². The molecule has 4 N–H and O–H groups in total. The molecular formula is C20H21F3N2O3. The van der Waals surface area contributed by atoms with E-state index in [0.29, 0.717) is 12.8 Å².